The molecule has 0 aromatic heterocycles. The fraction of sp³-hybridized carbons (Fsp3) is 0.529. The Bertz CT molecular complexity index is 490. The number of nitrogens with one attached hydrogen (secondary N) is 2. The maximum atomic E-state index is 12.0. The van der Waals surface area contributed by atoms with Crippen molar-refractivity contribution >= 4 is 12.0 Å². The minimum Gasteiger partial charge on any atom is -0.453 e. The van der Waals surface area contributed by atoms with Crippen LogP contribution in [0.3, 0.4) is 0 Å². The SMILES string of the molecule is COC(=O)NCCC(=O)N[C@@H]1CCC[C@@H]1Cc1ccccc1. The van der Waals surface area contributed by atoms with E-state index in [0.717, 1.165) is 25.7 Å². The standard InChI is InChI=1S/C17H24N2O3/c1-22-17(21)18-11-10-16(20)19-15-9-5-8-14(15)12-13-6-3-2-4-7-13/h2-4,6-7,14-15H,5,8-12H2,1H3,(H,18,21)(H,19,20)/t14-,15-/m1/s1. The van der Waals surface area contributed by atoms with Crippen molar-refractivity contribution in [2.75, 3.05) is 13.7 Å². The van der Waals surface area contributed by atoms with Crippen LogP contribution in [0.1, 0.15) is 31.2 Å². The lowest BCUT2D eigenvalue weighted by atomic mass is 9.94. The Labute approximate surface area is 131 Å². The molecule has 0 unspecified atom stereocenters. The quantitative estimate of drug-likeness (QED) is 0.847. The van der Waals surface area contributed by atoms with Gasteiger partial charge in [0, 0.05) is 19.0 Å². The number of rotatable bonds is 6. The Morgan fingerprint density at radius 2 is 2.00 bits per heavy atom. The summed E-state index contributed by atoms with van der Waals surface area (Å²) in [7, 11) is 1.31. The molecule has 1 aliphatic rings. The number of carbonyl (C=O) groups excluding carboxylic acids is 2. The molecule has 0 bridgehead atoms. The first kappa shape index (κ1) is 16.3. The van der Waals surface area contributed by atoms with Crippen LogP contribution in [-0.4, -0.2) is 31.7 Å². The Morgan fingerprint density at radius 1 is 1.23 bits per heavy atom. The van der Waals surface area contributed by atoms with E-state index in [-0.39, 0.29) is 18.4 Å². The molecule has 22 heavy (non-hydrogen) atoms. The van der Waals surface area contributed by atoms with Crippen LogP contribution in [0.4, 0.5) is 4.79 Å². The second kappa shape index (κ2) is 8.41. The predicted octanol–water partition coefficient (Wildman–Crippen LogP) is 2.26. The van der Waals surface area contributed by atoms with E-state index in [9.17, 15) is 9.59 Å². The molecular weight excluding hydrogens is 280 g/mol. The Morgan fingerprint density at radius 3 is 2.73 bits per heavy atom. The summed E-state index contributed by atoms with van der Waals surface area (Å²) in [6, 6.07) is 10.6. The molecule has 1 aromatic carbocycles. The van der Waals surface area contributed by atoms with Crippen molar-refractivity contribution < 1.29 is 14.3 Å². The van der Waals surface area contributed by atoms with Crippen molar-refractivity contribution in [1.29, 1.82) is 0 Å². The van der Waals surface area contributed by atoms with E-state index in [1.54, 1.807) is 0 Å². The molecule has 5 nitrogen and oxygen atoms in total. The predicted molar refractivity (Wildman–Crippen MR) is 84.4 cm³/mol. The second-order valence-electron chi connectivity index (χ2n) is 5.72. The highest BCUT2D eigenvalue weighted by atomic mass is 16.5. The van der Waals surface area contributed by atoms with Crippen LogP contribution >= 0.6 is 0 Å². The van der Waals surface area contributed by atoms with Crippen LogP contribution in [0, 0.1) is 5.92 Å². The van der Waals surface area contributed by atoms with Gasteiger partial charge in [0.05, 0.1) is 7.11 Å². The molecule has 0 radical (unpaired) electrons. The van der Waals surface area contributed by atoms with Crippen LogP contribution in [0.15, 0.2) is 30.3 Å². The van der Waals surface area contributed by atoms with E-state index < -0.39 is 6.09 Å². The number of methoxy groups -OCH3 is 1. The smallest absolute Gasteiger partial charge is 0.406 e. The van der Waals surface area contributed by atoms with Crippen LogP contribution in [-0.2, 0) is 16.0 Å². The van der Waals surface area contributed by atoms with Gasteiger partial charge in [-0.1, -0.05) is 36.8 Å². The van der Waals surface area contributed by atoms with Crippen LogP contribution in [0.2, 0.25) is 0 Å². The second-order valence-corrected chi connectivity index (χ2v) is 5.72. The fourth-order valence-electron chi connectivity index (χ4n) is 3.02. The first-order valence-electron chi connectivity index (χ1n) is 7.84. The molecule has 2 atom stereocenters. The van der Waals surface area contributed by atoms with Gasteiger partial charge in [-0.3, -0.25) is 4.79 Å². The zero-order chi connectivity index (χ0) is 15.8. The first-order valence-corrected chi connectivity index (χ1v) is 7.84. The number of carbonyl (C=O) groups is 2. The summed E-state index contributed by atoms with van der Waals surface area (Å²) in [4.78, 5) is 22.9. The van der Waals surface area contributed by atoms with Gasteiger partial charge in [-0.25, -0.2) is 4.79 Å². The summed E-state index contributed by atoms with van der Waals surface area (Å²) in [5, 5.41) is 5.63. The maximum absolute atomic E-state index is 12.0. The summed E-state index contributed by atoms with van der Waals surface area (Å²) in [5.41, 5.74) is 1.32. The van der Waals surface area contributed by atoms with E-state index >= 15 is 0 Å². The van der Waals surface area contributed by atoms with Gasteiger partial charge in [-0.2, -0.15) is 0 Å². The van der Waals surface area contributed by atoms with Gasteiger partial charge in [0.1, 0.15) is 0 Å². The number of alkyl carbamates (subject to hydrolysis) is 1. The molecule has 0 heterocycles. The highest BCUT2D eigenvalue weighted by Gasteiger charge is 2.28. The van der Waals surface area contributed by atoms with Crippen LogP contribution in [0.25, 0.3) is 0 Å². The van der Waals surface area contributed by atoms with Crippen molar-refractivity contribution in [1.82, 2.24) is 10.6 Å². The average molecular weight is 304 g/mol. The molecule has 5 heteroatoms. The monoisotopic (exact) mass is 304 g/mol. The lowest BCUT2D eigenvalue weighted by Gasteiger charge is -2.21. The fourth-order valence-corrected chi connectivity index (χ4v) is 3.02. The molecule has 0 spiro atoms. The highest BCUT2D eigenvalue weighted by Crippen LogP contribution is 2.28. The third kappa shape index (κ3) is 5.06. The van der Waals surface area contributed by atoms with Gasteiger partial charge < -0.3 is 15.4 Å². The highest BCUT2D eigenvalue weighted by molar-refractivity contribution is 5.77. The summed E-state index contributed by atoms with van der Waals surface area (Å²) in [6.45, 7) is 0.300. The summed E-state index contributed by atoms with van der Waals surface area (Å²) in [5.74, 6) is 0.487. The molecule has 120 valence electrons. The minimum atomic E-state index is -0.504. The summed E-state index contributed by atoms with van der Waals surface area (Å²) < 4.78 is 4.47. The number of benzene rings is 1. The normalized spacial score (nSPS) is 20.4. The lowest BCUT2D eigenvalue weighted by Crippen LogP contribution is -2.39. The molecular formula is C17H24N2O3. The van der Waals surface area contributed by atoms with Gasteiger partial charge in [0.15, 0.2) is 0 Å². The number of hydrogen-bond acceptors (Lipinski definition) is 3. The van der Waals surface area contributed by atoms with Gasteiger partial charge in [-0.05, 0) is 30.7 Å². The Balaban J connectivity index is 1.76. The maximum Gasteiger partial charge on any atom is 0.406 e. The average Bonchev–Trinajstić information content (AvgIpc) is 2.95. The van der Waals surface area contributed by atoms with Gasteiger partial charge >= 0.3 is 6.09 Å². The Hall–Kier alpha value is -2.04. The topological polar surface area (TPSA) is 67.4 Å². The molecule has 2 amide bonds. The van der Waals surface area contributed by atoms with E-state index in [1.807, 2.05) is 6.07 Å². The molecule has 2 rings (SSSR count). The summed E-state index contributed by atoms with van der Waals surface area (Å²) in [6.07, 6.45) is 4.13. The Kier molecular flexibility index (Phi) is 6.25. The molecule has 1 aromatic rings. The van der Waals surface area contributed by atoms with Gasteiger partial charge in [-0.15, -0.1) is 0 Å². The largest absolute Gasteiger partial charge is 0.453 e. The molecule has 0 aliphatic heterocycles. The molecule has 1 saturated carbocycles. The number of amides is 2. The van der Waals surface area contributed by atoms with E-state index in [4.69, 9.17) is 0 Å². The third-order valence-corrected chi connectivity index (χ3v) is 4.15. The lowest BCUT2D eigenvalue weighted by molar-refractivity contribution is -0.121. The van der Waals surface area contributed by atoms with Crippen molar-refractivity contribution in [3.63, 3.8) is 0 Å². The van der Waals surface area contributed by atoms with E-state index in [1.165, 1.54) is 12.7 Å². The zero-order valence-electron chi connectivity index (χ0n) is 13.0. The van der Waals surface area contributed by atoms with Crippen molar-refractivity contribution in [2.45, 2.75) is 38.1 Å². The number of ether oxygens (including phenoxy) is 1. The molecule has 1 fully saturated rings. The zero-order valence-corrected chi connectivity index (χ0v) is 13.0. The molecule has 0 saturated heterocycles. The van der Waals surface area contributed by atoms with Crippen molar-refractivity contribution in [3.05, 3.63) is 35.9 Å². The number of hydrogen-bond donors (Lipinski definition) is 2. The van der Waals surface area contributed by atoms with Crippen LogP contribution in [0.5, 0.6) is 0 Å². The van der Waals surface area contributed by atoms with Crippen molar-refractivity contribution in [2.24, 2.45) is 5.92 Å². The third-order valence-electron chi connectivity index (χ3n) is 4.15. The summed E-state index contributed by atoms with van der Waals surface area (Å²) >= 11 is 0. The molecule has 1 aliphatic carbocycles. The molecule has 2 N–H and O–H groups in total. The van der Waals surface area contributed by atoms with Gasteiger partial charge in [0.2, 0.25) is 5.91 Å². The van der Waals surface area contributed by atoms with Crippen LogP contribution < -0.4 is 10.6 Å². The van der Waals surface area contributed by atoms with Crippen molar-refractivity contribution in [3.8, 4) is 0 Å². The van der Waals surface area contributed by atoms with E-state index in [0.29, 0.717) is 12.5 Å². The minimum absolute atomic E-state index is 0.0126. The van der Waals surface area contributed by atoms with E-state index in [2.05, 4.69) is 39.6 Å². The van der Waals surface area contributed by atoms with Gasteiger partial charge in [0.25, 0.3) is 0 Å². The first-order chi connectivity index (χ1) is 10.7.